The number of ether oxygens (including phenoxy) is 3. The smallest absolute Gasteiger partial charge is 0.256 e. The first-order valence-corrected chi connectivity index (χ1v) is 7.58. The van der Waals surface area contributed by atoms with Gasteiger partial charge in [-0.1, -0.05) is 17.7 Å². The molecule has 5 nitrogen and oxygen atoms in total. The largest absolute Gasteiger partial charge is 0.493 e. The second kappa shape index (κ2) is 6.45. The standard InChI is InChI=1S/C18H16ClNO4/c1-22-15-7-4-10(16(23-2)17(15)24-3)8-13-12-6-5-11(19)9-14(12)20-18(13)21/h4-9H,1-3H3,(H,20,21). The fourth-order valence-electron chi connectivity index (χ4n) is 2.70. The summed E-state index contributed by atoms with van der Waals surface area (Å²) in [5, 5.41) is 3.38. The van der Waals surface area contributed by atoms with Gasteiger partial charge in [-0.05, 0) is 30.3 Å². The number of fused-ring (bicyclic) bond motifs is 1. The van der Waals surface area contributed by atoms with Crippen molar-refractivity contribution >= 4 is 34.8 Å². The van der Waals surface area contributed by atoms with E-state index in [2.05, 4.69) is 5.32 Å². The highest BCUT2D eigenvalue weighted by atomic mass is 35.5. The molecule has 2 aromatic rings. The zero-order valence-electron chi connectivity index (χ0n) is 13.5. The molecule has 1 heterocycles. The number of rotatable bonds is 4. The number of halogens is 1. The maximum Gasteiger partial charge on any atom is 0.256 e. The van der Waals surface area contributed by atoms with E-state index >= 15 is 0 Å². The first kappa shape index (κ1) is 16.2. The molecular weight excluding hydrogens is 330 g/mol. The summed E-state index contributed by atoms with van der Waals surface area (Å²) < 4.78 is 16.1. The predicted molar refractivity (Wildman–Crippen MR) is 94.1 cm³/mol. The Bertz CT molecular complexity index is 845. The van der Waals surface area contributed by atoms with E-state index in [0.717, 1.165) is 5.56 Å². The van der Waals surface area contributed by atoms with Crippen LogP contribution in [0.1, 0.15) is 11.1 Å². The fraction of sp³-hybridized carbons (Fsp3) is 0.167. The van der Waals surface area contributed by atoms with Crippen molar-refractivity contribution in [3.8, 4) is 17.2 Å². The van der Waals surface area contributed by atoms with Gasteiger partial charge in [0.15, 0.2) is 11.5 Å². The summed E-state index contributed by atoms with van der Waals surface area (Å²) in [5.41, 5.74) is 2.73. The van der Waals surface area contributed by atoms with Gasteiger partial charge in [0.1, 0.15) is 0 Å². The summed E-state index contributed by atoms with van der Waals surface area (Å²) in [6.07, 6.45) is 1.76. The topological polar surface area (TPSA) is 56.8 Å². The molecule has 1 N–H and O–H groups in total. The summed E-state index contributed by atoms with van der Waals surface area (Å²) in [6.45, 7) is 0. The first-order chi connectivity index (χ1) is 11.6. The Morgan fingerprint density at radius 3 is 2.42 bits per heavy atom. The molecule has 1 aliphatic rings. The Labute approximate surface area is 144 Å². The molecule has 2 aromatic carbocycles. The number of amides is 1. The molecule has 124 valence electrons. The molecule has 0 spiro atoms. The van der Waals surface area contributed by atoms with Gasteiger partial charge in [0.05, 0.1) is 27.0 Å². The molecule has 0 aromatic heterocycles. The van der Waals surface area contributed by atoms with Gasteiger partial charge in [0, 0.05) is 21.7 Å². The molecule has 0 radical (unpaired) electrons. The maximum absolute atomic E-state index is 12.3. The molecule has 24 heavy (non-hydrogen) atoms. The number of hydrogen-bond donors (Lipinski definition) is 1. The quantitative estimate of drug-likeness (QED) is 0.855. The third-order valence-electron chi connectivity index (χ3n) is 3.80. The Hall–Kier alpha value is -2.66. The van der Waals surface area contributed by atoms with Crippen LogP contribution in [0.5, 0.6) is 17.2 Å². The van der Waals surface area contributed by atoms with Gasteiger partial charge in [0.2, 0.25) is 5.75 Å². The highest BCUT2D eigenvalue weighted by Gasteiger charge is 2.25. The van der Waals surface area contributed by atoms with E-state index in [1.54, 1.807) is 38.5 Å². The zero-order chi connectivity index (χ0) is 17.3. The van der Waals surface area contributed by atoms with Crippen LogP contribution in [0.4, 0.5) is 5.69 Å². The van der Waals surface area contributed by atoms with Gasteiger partial charge in [-0.2, -0.15) is 0 Å². The fourth-order valence-corrected chi connectivity index (χ4v) is 2.88. The maximum atomic E-state index is 12.3. The molecule has 3 rings (SSSR count). The molecule has 0 fully saturated rings. The van der Waals surface area contributed by atoms with Gasteiger partial charge in [0.25, 0.3) is 5.91 Å². The van der Waals surface area contributed by atoms with E-state index in [0.29, 0.717) is 39.1 Å². The normalized spacial score (nSPS) is 14.3. The SMILES string of the molecule is COc1ccc(C=C2C(=O)Nc3cc(Cl)ccc32)c(OC)c1OC. The molecule has 0 saturated carbocycles. The summed E-state index contributed by atoms with van der Waals surface area (Å²) in [6, 6.07) is 8.87. The third kappa shape index (κ3) is 2.67. The van der Waals surface area contributed by atoms with Crippen LogP contribution < -0.4 is 19.5 Å². The van der Waals surface area contributed by atoms with E-state index in [4.69, 9.17) is 25.8 Å². The van der Waals surface area contributed by atoms with Crippen molar-refractivity contribution in [2.75, 3.05) is 26.6 Å². The van der Waals surface area contributed by atoms with Gasteiger partial charge in [-0.15, -0.1) is 0 Å². The van der Waals surface area contributed by atoms with Crippen LogP contribution in [-0.4, -0.2) is 27.2 Å². The number of hydrogen-bond acceptors (Lipinski definition) is 4. The lowest BCUT2D eigenvalue weighted by Gasteiger charge is -2.14. The van der Waals surface area contributed by atoms with Crippen LogP contribution in [0.3, 0.4) is 0 Å². The molecule has 0 unspecified atom stereocenters. The molecular formula is C18H16ClNO4. The molecule has 6 heteroatoms. The number of anilines is 1. The van der Waals surface area contributed by atoms with E-state index < -0.39 is 0 Å². The number of methoxy groups -OCH3 is 3. The minimum Gasteiger partial charge on any atom is -0.493 e. The van der Waals surface area contributed by atoms with Crippen LogP contribution >= 0.6 is 11.6 Å². The van der Waals surface area contributed by atoms with Crippen molar-refractivity contribution in [3.63, 3.8) is 0 Å². The van der Waals surface area contributed by atoms with Crippen LogP contribution in [0.15, 0.2) is 30.3 Å². The zero-order valence-corrected chi connectivity index (χ0v) is 14.2. The van der Waals surface area contributed by atoms with Crippen LogP contribution in [0.25, 0.3) is 11.6 Å². The van der Waals surface area contributed by atoms with Gasteiger partial charge >= 0.3 is 0 Å². The summed E-state index contributed by atoms with van der Waals surface area (Å²) in [4.78, 5) is 12.3. The minimum absolute atomic E-state index is 0.191. The highest BCUT2D eigenvalue weighted by Crippen LogP contribution is 2.42. The van der Waals surface area contributed by atoms with E-state index in [-0.39, 0.29) is 5.91 Å². The van der Waals surface area contributed by atoms with Crippen molar-refractivity contribution in [2.45, 2.75) is 0 Å². The first-order valence-electron chi connectivity index (χ1n) is 7.21. The second-order valence-corrected chi connectivity index (χ2v) is 5.56. The Morgan fingerprint density at radius 1 is 1.00 bits per heavy atom. The minimum atomic E-state index is -0.191. The van der Waals surface area contributed by atoms with Crippen molar-refractivity contribution < 1.29 is 19.0 Å². The molecule has 0 aliphatic carbocycles. The average Bonchev–Trinajstić information content (AvgIpc) is 2.88. The predicted octanol–water partition coefficient (Wildman–Crippen LogP) is 3.86. The Kier molecular flexibility index (Phi) is 4.36. The highest BCUT2D eigenvalue weighted by molar-refractivity contribution is 6.36. The van der Waals surface area contributed by atoms with Crippen LogP contribution in [-0.2, 0) is 4.79 Å². The summed E-state index contributed by atoms with van der Waals surface area (Å²) in [7, 11) is 4.64. The molecule has 1 amide bonds. The summed E-state index contributed by atoms with van der Waals surface area (Å²) >= 11 is 5.98. The number of nitrogens with one attached hydrogen (secondary N) is 1. The summed E-state index contributed by atoms with van der Waals surface area (Å²) in [5.74, 6) is 1.34. The lowest BCUT2D eigenvalue weighted by molar-refractivity contribution is -0.110. The van der Waals surface area contributed by atoms with E-state index in [1.165, 1.54) is 7.11 Å². The number of benzene rings is 2. The average molecular weight is 346 g/mol. The van der Waals surface area contributed by atoms with Gasteiger partial charge in [-0.3, -0.25) is 4.79 Å². The third-order valence-corrected chi connectivity index (χ3v) is 4.03. The molecule has 0 atom stereocenters. The van der Waals surface area contributed by atoms with Crippen LogP contribution in [0.2, 0.25) is 5.02 Å². The Balaban J connectivity index is 2.14. The molecule has 1 aliphatic heterocycles. The number of carbonyl (C=O) groups excluding carboxylic acids is 1. The monoisotopic (exact) mass is 345 g/mol. The van der Waals surface area contributed by atoms with Crippen molar-refractivity contribution in [2.24, 2.45) is 0 Å². The lowest BCUT2D eigenvalue weighted by atomic mass is 10.0. The lowest BCUT2D eigenvalue weighted by Crippen LogP contribution is -2.04. The molecule has 0 saturated heterocycles. The number of carbonyl (C=O) groups is 1. The van der Waals surface area contributed by atoms with Gasteiger partial charge < -0.3 is 19.5 Å². The van der Waals surface area contributed by atoms with E-state index in [9.17, 15) is 4.79 Å². The van der Waals surface area contributed by atoms with Crippen LogP contribution in [0, 0.1) is 0 Å². The van der Waals surface area contributed by atoms with E-state index in [1.807, 2.05) is 12.1 Å². The Morgan fingerprint density at radius 2 is 1.75 bits per heavy atom. The molecule has 0 bridgehead atoms. The van der Waals surface area contributed by atoms with Crippen molar-refractivity contribution in [1.82, 2.24) is 0 Å². The van der Waals surface area contributed by atoms with Gasteiger partial charge in [-0.25, -0.2) is 0 Å². The van der Waals surface area contributed by atoms with Crippen molar-refractivity contribution in [1.29, 1.82) is 0 Å². The van der Waals surface area contributed by atoms with Crippen molar-refractivity contribution in [3.05, 3.63) is 46.5 Å². The second-order valence-electron chi connectivity index (χ2n) is 5.13.